The van der Waals surface area contributed by atoms with Crippen LogP contribution in [0.2, 0.25) is 0 Å². The SMILES string of the molecule is CN(Cc1ccccc1)c1c(CC(=O)O)c2ccccc2n1Cc1ccccc1. The number of carboxylic acids is 1. The van der Waals surface area contributed by atoms with Gasteiger partial charge in [0.05, 0.1) is 11.9 Å². The van der Waals surface area contributed by atoms with Crippen LogP contribution in [-0.2, 0) is 24.3 Å². The molecule has 1 aromatic heterocycles. The van der Waals surface area contributed by atoms with Gasteiger partial charge in [-0.15, -0.1) is 0 Å². The van der Waals surface area contributed by atoms with Gasteiger partial charge in [-0.3, -0.25) is 4.79 Å². The molecule has 0 atom stereocenters. The molecular weight excluding hydrogens is 360 g/mol. The van der Waals surface area contributed by atoms with Gasteiger partial charge in [-0.2, -0.15) is 0 Å². The summed E-state index contributed by atoms with van der Waals surface area (Å²) in [6, 6.07) is 28.6. The Hall–Kier alpha value is -3.53. The van der Waals surface area contributed by atoms with Crippen molar-refractivity contribution < 1.29 is 9.90 Å². The van der Waals surface area contributed by atoms with Crippen molar-refractivity contribution >= 4 is 22.7 Å². The maximum Gasteiger partial charge on any atom is 0.307 e. The molecule has 1 N–H and O–H groups in total. The summed E-state index contributed by atoms with van der Waals surface area (Å²) in [5.74, 6) is 0.142. The highest BCUT2D eigenvalue weighted by Gasteiger charge is 2.22. The summed E-state index contributed by atoms with van der Waals surface area (Å²) in [6.07, 6.45) is -0.00321. The molecule has 4 nitrogen and oxygen atoms in total. The molecule has 4 aromatic rings. The fourth-order valence-electron chi connectivity index (χ4n) is 3.98. The predicted octanol–water partition coefficient (Wildman–Crippen LogP) is 4.95. The van der Waals surface area contributed by atoms with Gasteiger partial charge < -0.3 is 14.6 Å². The van der Waals surface area contributed by atoms with Gasteiger partial charge in [0.1, 0.15) is 5.82 Å². The van der Waals surface area contributed by atoms with Crippen molar-refractivity contribution in [3.8, 4) is 0 Å². The van der Waals surface area contributed by atoms with Crippen molar-refractivity contribution in [1.29, 1.82) is 0 Å². The summed E-state index contributed by atoms with van der Waals surface area (Å²) in [6.45, 7) is 1.40. The van der Waals surface area contributed by atoms with Crippen LogP contribution in [0, 0.1) is 0 Å². The lowest BCUT2D eigenvalue weighted by Crippen LogP contribution is -2.22. The molecule has 29 heavy (non-hydrogen) atoms. The molecule has 0 saturated carbocycles. The van der Waals surface area contributed by atoms with Crippen LogP contribution in [0.4, 0.5) is 5.82 Å². The Bertz CT molecular complexity index is 1120. The second kappa shape index (κ2) is 8.23. The van der Waals surface area contributed by atoms with E-state index in [1.807, 2.05) is 61.6 Å². The second-order valence-corrected chi connectivity index (χ2v) is 7.30. The molecule has 1 heterocycles. The van der Waals surface area contributed by atoms with E-state index in [1.165, 1.54) is 11.1 Å². The van der Waals surface area contributed by atoms with Crippen LogP contribution in [0.3, 0.4) is 0 Å². The molecule has 0 fully saturated rings. The summed E-state index contributed by atoms with van der Waals surface area (Å²) < 4.78 is 2.24. The van der Waals surface area contributed by atoms with Crippen molar-refractivity contribution in [2.45, 2.75) is 19.5 Å². The van der Waals surface area contributed by atoms with Crippen LogP contribution in [0.15, 0.2) is 84.9 Å². The molecule has 0 amide bonds. The molecular formula is C25H24N2O2. The van der Waals surface area contributed by atoms with Crippen LogP contribution in [0.5, 0.6) is 0 Å². The number of benzene rings is 3. The fourth-order valence-corrected chi connectivity index (χ4v) is 3.98. The van der Waals surface area contributed by atoms with Gasteiger partial charge in [-0.05, 0) is 17.2 Å². The first-order valence-electron chi connectivity index (χ1n) is 9.74. The third-order valence-electron chi connectivity index (χ3n) is 5.18. The Kier molecular flexibility index (Phi) is 5.34. The molecule has 0 unspecified atom stereocenters. The van der Waals surface area contributed by atoms with E-state index < -0.39 is 5.97 Å². The van der Waals surface area contributed by atoms with E-state index >= 15 is 0 Å². The zero-order chi connectivity index (χ0) is 20.2. The first kappa shape index (κ1) is 18.8. The topological polar surface area (TPSA) is 45.5 Å². The van der Waals surface area contributed by atoms with Crippen LogP contribution >= 0.6 is 0 Å². The maximum absolute atomic E-state index is 11.7. The predicted molar refractivity (Wildman–Crippen MR) is 117 cm³/mol. The fraction of sp³-hybridized carbons (Fsp3) is 0.160. The van der Waals surface area contributed by atoms with Crippen LogP contribution in [-0.4, -0.2) is 22.7 Å². The number of nitrogens with zero attached hydrogens (tertiary/aromatic N) is 2. The van der Waals surface area contributed by atoms with Gasteiger partial charge in [0.25, 0.3) is 0 Å². The van der Waals surface area contributed by atoms with Crippen LogP contribution in [0.25, 0.3) is 10.9 Å². The third-order valence-corrected chi connectivity index (χ3v) is 5.18. The number of hydrogen-bond acceptors (Lipinski definition) is 2. The molecule has 0 saturated heterocycles. The van der Waals surface area contributed by atoms with Gasteiger partial charge >= 0.3 is 5.97 Å². The molecule has 4 heteroatoms. The summed E-state index contributed by atoms with van der Waals surface area (Å²) in [5.41, 5.74) is 4.29. The number of fused-ring (bicyclic) bond motifs is 1. The van der Waals surface area contributed by atoms with E-state index in [2.05, 4.69) is 39.8 Å². The largest absolute Gasteiger partial charge is 0.481 e. The van der Waals surface area contributed by atoms with E-state index in [-0.39, 0.29) is 6.42 Å². The highest BCUT2D eigenvalue weighted by molar-refractivity contribution is 5.93. The third kappa shape index (κ3) is 4.02. The second-order valence-electron chi connectivity index (χ2n) is 7.30. The minimum absolute atomic E-state index is 0.00321. The average molecular weight is 384 g/mol. The zero-order valence-corrected chi connectivity index (χ0v) is 16.5. The Morgan fingerprint density at radius 3 is 2.10 bits per heavy atom. The maximum atomic E-state index is 11.7. The molecule has 0 radical (unpaired) electrons. The van der Waals surface area contributed by atoms with Crippen molar-refractivity contribution in [3.05, 3.63) is 102 Å². The molecule has 0 spiro atoms. The van der Waals surface area contributed by atoms with E-state index in [4.69, 9.17) is 0 Å². The summed E-state index contributed by atoms with van der Waals surface area (Å²) >= 11 is 0. The van der Waals surface area contributed by atoms with Crippen molar-refractivity contribution in [1.82, 2.24) is 4.57 Å². The van der Waals surface area contributed by atoms with Crippen LogP contribution < -0.4 is 4.90 Å². The zero-order valence-electron chi connectivity index (χ0n) is 16.5. The Labute approximate surface area is 170 Å². The van der Waals surface area contributed by atoms with Gasteiger partial charge in [0.15, 0.2) is 0 Å². The van der Waals surface area contributed by atoms with Gasteiger partial charge in [0.2, 0.25) is 0 Å². The molecule has 0 aliphatic heterocycles. The first-order chi connectivity index (χ1) is 14.1. The van der Waals surface area contributed by atoms with Gasteiger partial charge in [-0.1, -0.05) is 78.9 Å². The molecule has 4 rings (SSSR count). The van der Waals surface area contributed by atoms with Crippen molar-refractivity contribution in [3.63, 3.8) is 0 Å². The first-order valence-corrected chi connectivity index (χ1v) is 9.74. The summed E-state index contributed by atoms with van der Waals surface area (Å²) in [5, 5.41) is 10.6. The standard InChI is InChI=1S/C25H24N2O2/c1-26(17-19-10-4-2-5-11-19)25-22(16-24(28)29)21-14-8-9-15-23(21)27(25)18-20-12-6-3-7-13-20/h2-15H,16-18H2,1H3,(H,28,29). The van der Waals surface area contributed by atoms with E-state index in [0.717, 1.165) is 22.3 Å². The summed E-state index contributed by atoms with van der Waals surface area (Å²) in [7, 11) is 2.04. The van der Waals surface area contributed by atoms with Crippen molar-refractivity contribution in [2.24, 2.45) is 0 Å². The van der Waals surface area contributed by atoms with E-state index in [1.54, 1.807) is 0 Å². The number of carboxylic acid groups (broad SMARTS) is 1. The van der Waals surface area contributed by atoms with Gasteiger partial charge in [-0.25, -0.2) is 0 Å². The number of hydrogen-bond donors (Lipinski definition) is 1. The minimum atomic E-state index is -0.818. The quantitative estimate of drug-likeness (QED) is 0.490. The smallest absolute Gasteiger partial charge is 0.307 e. The van der Waals surface area contributed by atoms with E-state index in [9.17, 15) is 9.90 Å². The molecule has 0 bridgehead atoms. The summed E-state index contributed by atoms with van der Waals surface area (Å²) in [4.78, 5) is 13.8. The van der Waals surface area contributed by atoms with Crippen molar-refractivity contribution in [2.75, 3.05) is 11.9 Å². The normalized spacial score (nSPS) is 10.9. The number of aliphatic carboxylic acids is 1. The average Bonchev–Trinajstić information content (AvgIpc) is 3.02. The highest BCUT2D eigenvalue weighted by Crippen LogP contribution is 2.34. The Balaban J connectivity index is 1.86. The monoisotopic (exact) mass is 384 g/mol. The lowest BCUT2D eigenvalue weighted by Gasteiger charge is -2.24. The van der Waals surface area contributed by atoms with E-state index in [0.29, 0.717) is 13.1 Å². The number of aromatic nitrogens is 1. The highest BCUT2D eigenvalue weighted by atomic mass is 16.4. The number of carbonyl (C=O) groups is 1. The molecule has 146 valence electrons. The minimum Gasteiger partial charge on any atom is -0.481 e. The molecule has 0 aliphatic carbocycles. The Morgan fingerprint density at radius 2 is 1.45 bits per heavy atom. The lowest BCUT2D eigenvalue weighted by molar-refractivity contribution is -0.136. The number of para-hydroxylation sites is 1. The van der Waals surface area contributed by atoms with Crippen LogP contribution in [0.1, 0.15) is 16.7 Å². The number of rotatable bonds is 7. The Morgan fingerprint density at radius 1 is 0.862 bits per heavy atom. The molecule has 3 aromatic carbocycles. The number of anilines is 1. The molecule has 0 aliphatic rings. The lowest BCUT2D eigenvalue weighted by atomic mass is 10.1. The van der Waals surface area contributed by atoms with Gasteiger partial charge in [0, 0.05) is 31.1 Å².